The minimum atomic E-state index is -3.49. The highest BCUT2D eigenvalue weighted by molar-refractivity contribution is 7.91. The zero-order valence-electron chi connectivity index (χ0n) is 15.5. The van der Waals surface area contributed by atoms with Gasteiger partial charge in [-0.15, -0.1) is 5.10 Å². The van der Waals surface area contributed by atoms with Crippen molar-refractivity contribution in [3.63, 3.8) is 0 Å². The number of anilines is 1. The summed E-state index contributed by atoms with van der Waals surface area (Å²) >= 11 is 5.77. The second-order valence-electron chi connectivity index (χ2n) is 6.07. The number of nitrogens with one attached hydrogen (secondary N) is 1. The lowest BCUT2D eigenvalue weighted by molar-refractivity contribution is -0.116. The number of sulfone groups is 1. The molecule has 2 aromatic carbocycles. The Bertz CT molecular complexity index is 1100. The molecule has 1 N–H and O–H groups in total. The zero-order chi connectivity index (χ0) is 20.9. The van der Waals surface area contributed by atoms with E-state index in [1.807, 2.05) is 0 Å². The van der Waals surface area contributed by atoms with Crippen LogP contribution < -0.4 is 10.1 Å². The molecule has 8 nitrogen and oxygen atoms in total. The fraction of sp³-hybridized carbons (Fsp3) is 0.211. The molecule has 0 fully saturated rings. The van der Waals surface area contributed by atoms with E-state index in [9.17, 15) is 13.2 Å². The first-order valence-electron chi connectivity index (χ1n) is 8.63. The van der Waals surface area contributed by atoms with E-state index < -0.39 is 15.7 Å². The molecular weight excluding hydrogens is 418 g/mol. The van der Waals surface area contributed by atoms with Crippen LogP contribution in [0.5, 0.6) is 5.75 Å². The van der Waals surface area contributed by atoms with Gasteiger partial charge in [0.1, 0.15) is 5.75 Å². The third kappa shape index (κ3) is 5.55. The Kier molecular flexibility index (Phi) is 6.50. The van der Waals surface area contributed by atoms with Crippen LogP contribution in [0.2, 0.25) is 5.02 Å². The number of aromatic nitrogens is 2. The van der Waals surface area contributed by atoms with Gasteiger partial charge in [0.05, 0.1) is 17.8 Å². The zero-order valence-corrected chi connectivity index (χ0v) is 17.0. The summed E-state index contributed by atoms with van der Waals surface area (Å²) in [5, 5.41) is 10.6. The molecule has 0 radical (unpaired) electrons. The predicted molar refractivity (Wildman–Crippen MR) is 108 cm³/mol. The van der Waals surface area contributed by atoms with Crippen LogP contribution in [-0.4, -0.2) is 37.4 Å². The minimum Gasteiger partial charge on any atom is -0.497 e. The van der Waals surface area contributed by atoms with Crippen molar-refractivity contribution in [3.05, 3.63) is 53.6 Å². The molecule has 0 bridgehead atoms. The van der Waals surface area contributed by atoms with E-state index in [2.05, 4.69) is 15.5 Å². The molecule has 1 heterocycles. The van der Waals surface area contributed by atoms with Crippen molar-refractivity contribution in [1.29, 1.82) is 0 Å². The van der Waals surface area contributed by atoms with Gasteiger partial charge >= 0.3 is 6.01 Å². The van der Waals surface area contributed by atoms with Crippen LogP contribution in [0.15, 0.2) is 57.8 Å². The van der Waals surface area contributed by atoms with Gasteiger partial charge in [-0.3, -0.25) is 10.1 Å². The highest BCUT2D eigenvalue weighted by atomic mass is 35.5. The Morgan fingerprint density at radius 2 is 1.93 bits per heavy atom. The second kappa shape index (κ2) is 9.06. The predicted octanol–water partition coefficient (Wildman–Crippen LogP) is 3.59. The largest absolute Gasteiger partial charge is 0.497 e. The molecular formula is C19H18ClN3O5S. The van der Waals surface area contributed by atoms with Crippen LogP contribution in [0.25, 0.3) is 11.5 Å². The van der Waals surface area contributed by atoms with Gasteiger partial charge < -0.3 is 9.15 Å². The molecule has 0 saturated carbocycles. The van der Waals surface area contributed by atoms with Gasteiger partial charge in [0, 0.05) is 17.0 Å². The van der Waals surface area contributed by atoms with Gasteiger partial charge in [-0.05, 0) is 48.9 Å². The molecule has 29 heavy (non-hydrogen) atoms. The van der Waals surface area contributed by atoms with E-state index in [1.54, 1.807) is 31.4 Å². The summed E-state index contributed by atoms with van der Waals surface area (Å²) in [4.78, 5) is 12.2. The van der Waals surface area contributed by atoms with Crippen molar-refractivity contribution in [2.24, 2.45) is 0 Å². The Hall–Kier alpha value is -2.91. The first-order chi connectivity index (χ1) is 13.9. The second-order valence-corrected chi connectivity index (χ2v) is 8.61. The molecule has 1 amide bonds. The maximum absolute atomic E-state index is 12.3. The van der Waals surface area contributed by atoms with Crippen molar-refractivity contribution >= 4 is 33.4 Å². The number of hydrogen-bond donors (Lipinski definition) is 1. The smallest absolute Gasteiger partial charge is 0.322 e. The van der Waals surface area contributed by atoms with E-state index in [-0.39, 0.29) is 35.4 Å². The van der Waals surface area contributed by atoms with Gasteiger partial charge in [0.2, 0.25) is 11.8 Å². The van der Waals surface area contributed by atoms with Crippen molar-refractivity contribution in [2.75, 3.05) is 18.2 Å². The van der Waals surface area contributed by atoms with Gasteiger partial charge in [-0.2, -0.15) is 0 Å². The Balaban J connectivity index is 1.53. The van der Waals surface area contributed by atoms with E-state index in [1.165, 1.54) is 24.3 Å². The molecule has 0 aliphatic heterocycles. The van der Waals surface area contributed by atoms with E-state index in [4.69, 9.17) is 20.8 Å². The average Bonchev–Trinajstić information content (AvgIpc) is 3.16. The first-order valence-corrected chi connectivity index (χ1v) is 10.7. The number of ether oxygens (including phenoxy) is 1. The highest BCUT2D eigenvalue weighted by Gasteiger charge is 2.16. The molecule has 0 aliphatic carbocycles. The van der Waals surface area contributed by atoms with Crippen molar-refractivity contribution < 1.29 is 22.4 Å². The summed E-state index contributed by atoms with van der Waals surface area (Å²) in [6.07, 6.45) is 0.136. The standard InChI is InChI=1S/C19H18ClN3O5S/c1-27-15-5-2-4-13(12-15)18-22-23-19(28-18)21-17(24)6-3-11-29(25,26)16-9-7-14(20)8-10-16/h2,4-5,7-10,12H,3,6,11H2,1H3,(H,21,23,24). The van der Waals surface area contributed by atoms with Crippen molar-refractivity contribution in [1.82, 2.24) is 10.2 Å². The Morgan fingerprint density at radius 3 is 2.66 bits per heavy atom. The maximum atomic E-state index is 12.3. The van der Waals surface area contributed by atoms with Crippen LogP contribution in [0.1, 0.15) is 12.8 Å². The molecule has 0 spiro atoms. The SMILES string of the molecule is COc1cccc(-c2nnc(NC(=O)CCCS(=O)(=O)c3ccc(Cl)cc3)o2)c1. The fourth-order valence-electron chi connectivity index (χ4n) is 2.51. The summed E-state index contributed by atoms with van der Waals surface area (Å²) in [5.74, 6) is 0.274. The molecule has 3 aromatic rings. The van der Waals surface area contributed by atoms with Gasteiger partial charge in [-0.25, -0.2) is 8.42 Å². The Morgan fingerprint density at radius 1 is 1.17 bits per heavy atom. The fourth-order valence-corrected chi connectivity index (χ4v) is 3.95. The lowest BCUT2D eigenvalue weighted by atomic mass is 10.2. The van der Waals surface area contributed by atoms with Gasteiger partial charge in [-0.1, -0.05) is 22.8 Å². The number of halogens is 1. The highest BCUT2D eigenvalue weighted by Crippen LogP contribution is 2.24. The first kappa shape index (κ1) is 20.8. The summed E-state index contributed by atoms with van der Waals surface area (Å²) in [5.41, 5.74) is 0.645. The molecule has 0 unspecified atom stereocenters. The molecule has 3 rings (SSSR count). The number of carbonyl (C=O) groups is 1. The third-order valence-corrected chi connectivity index (χ3v) is 6.05. The molecule has 10 heteroatoms. The average molecular weight is 436 g/mol. The number of benzene rings is 2. The van der Waals surface area contributed by atoms with Crippen LogP contribution in [0, 0.1) is 0 Å². The van der Waals surface area contributed by atoms with Crippen LogP contribution in [-0.2, 0) is 14.6 Å². The number of amides is 1. The minimum absolute atomic E-state index is 0.0102. The summed E-state index contributed by atoms with van der Waals surface area (Å²) in [7, 11) is -1.94. The summed E-state index contributed by atoms with van der Waals surface area (Å²) in [6, 6.07) is 12.9. The lowest BCUT2D eigenvalue weighted by Gasteiger charge is -2.04. The Labute approximate surface area is 172 Å². The number of rotatable bonds is 8. The van der Waals surface area contributed by atoms with E-state index in [0.29, 0.717) is 16.3 Å². The van der Waals surface area contributed by atoms with Gasteiger partial charge in [0.15, 0.2) is 9.84 Å². The molecule has 152 valence electrons. The molecule has 0 aliphatic rings. The lowest BCUT2D eigenvalue weighted by Crippen LogP contribution is -2.14. The number of methoxy groups -OCH3 is 1. The monoisotopic (exact) mass is 435 g/mol. The van der Waals surface area contributed by atoms with Crippen LogP contribution in [0.3, 0.4) is 0 Å². The van der Waals surface area contributed by atoms with Crippen molar-refractivity contribution in [2.45, 2.75) is 17.7 Å². The maximum Gasteiger partial charge on any atom is 0.322 e. The quantitative estimate of drug-likeness (QED) is 0.575. The molecule has 0 atom stereocenters. The number of nitrogens with zero attached hydrogens (tertiary/aromatic N) is 2. The number of carbonyl (C=O) groups excluding carboxylic acids is 1. The van der Waals surface area contributed by atoms with Crippen LogP contribution in [0.4, 0.5) is 6.01 Å². The van der Waals surface area contributed by atoms with Gasteiger partial charge in [0.25, 0.3) is 0 Å². The van der Waals surface area contributed by atoms with Crippen molar-refractivity contribution in [3.8, 4) is 17.2 Å². The topological polar surface area (TPSA) is 111 Å². The van der Waals surface area contributed by atoms with Crippen LogP contribution >= 0.6 is 11.6 Å². The number of hydrogen-bond acceptors (Lipinski definition) is 7. The molecule has 0 saturated heterocycles. The third-order valence-electron chi connectivity index (χ3n) is 3.98. The summed E-state index contributed by atoms with van der Waals surface area (Å²) in [6.45, 7) is 0. The van der Waals surface area contributed by atoms with E-state index in [0.717, 1.165) is 0 Å². The normalized spacial score (nSPS) is 11.2. The molecule has 1 aromatic heterocycles. The summed E-state index contributed by atoms with van der Waals surface area (Å²) < 4.78 is 35.1. The van der Waals surface area contributed by atoms with E-state index >= 15 is 0 Å².